The molecule has 0 spiro atoms. The number of furan rings is 1. The van der Waals surface area contributed by atoms with Crippen LogP contribution in [0.15, 0.2) is 28.7 Å². The smallest absolute Gasteiger partial charge is 0.137 e. The highest BCUT2D eigenvalue weighted by Gasteiger charge is 2.37. The number of hydrogen-bond acceptors (Lipinski definition) is 2. The molecule has 2 heteroatoms. The fourth-order valence-electron chi connectivity index (χ4n) is 3.78. The molecule has 1 fully saturated rings. The van der Waals surface area contributed by atoms with E-state index in [0.29, 0.717) is 11.3 Å². The molecule has 1 aromatic carbocycles. The summed E-state index contributed by atoms with van der Waals surface area (Å²) in [5, 5.41) is 1.17. The van der Waals surface area contributed by atoms with E-state index in [-0.39, 0.29) is 6.04 Å². The summed E-state index contributed by atoms with van der Waals surface area (Å²) in [4.78, 5) is 0. The Morgan fingerprint density at radius 1 is 1.30 bits per heavy atom. The van der Waals surface area contributed by atoms with E-state index >= 15 is 0 Å². The Hall–Kier alpha value is -1.28. The monoisotopic (exact) mass is 271 g/mol. The van der Waals surface area contributed by atoms with Gasteiger partial charge >= 0.3 is 0 Å². The maximum Gasteiger partial charge on any atom is 0.137 e. The predicted molar refractivity (Wildman–Crippen MR) is 83.6 cm³/mol. The van der Waals surface area contributed by atoms with Crippen molar-refractivity contribution in [3.8, 4) is 0 Å². The van der Waals surface area contributed by atoms with E-state index in [1.807, 2.05) is 0 Å². The van der Waals surface area contributed by atoms with Gasteiger partial charge in [-0.2, -0.15) is 0 Å². The maximum absolute atomic E-state index is 6.57. The van der Waals surface area contributed by atoms with Gasteiger partial charge < -0.3 is 10.2 Å². The van der Waals surface area contributed by atoms with Crippen LogP contribution in [0.3, 0.4) is 0 Å². The average molecular weight is 271 g/mol. The highest BCUT2D eigenvalue weighted by molar-refractivity contribution is 5.81. The average Bonchev–Trinajstić information content (AvgIpc) is 2.83. The van der Waals surface area contributed by atoms with Crippen LogP contribution in [0.1, 0.15) is 56.9 Å². The molecule has 2 aromatic rings. The standard InChI is InChI=1S/C18H25NO/c1-12-7-6-8-13-11-15(20-17(12)13)16(19)14-9-4-5-10-18(14,2)3/h6-8,11,14,16H,4-5,9-10,19H2,1-3H3. The molecule has 1 heterocycles. The summed E-state index contributed by atoms with van der Waals surface area (Å²) < 4.78 is 6.08. The number of nitrogens with two attached hydrogens (primary N) is 1. The highest BCUT2D eigenvalue weighted by atomic mass is 16.3. The summed E-state index contributed by atoms with van der Waals surface area (Å²) in [6.45, 7) is 6.79. The Kier molecular flexibility index (Phi) is 3.37. The van der Waals surface area contributed by atoms with E-state index in [9.17, 15) is 0 Å². The van der Waals surface area contributed by atoms with Crippen molar-refractivity contribution in [1.82, 2.24) is 0 Å². The lowest BCUT2D eigenvalue weighted by molar-refractivity contribution is 0.105. The zero-order valence-electron chi connectivity index (χ0n) is 12.8. The molecule has 1 saturated carbocycles. The molecular weight excluding hydrogens is 246 g/mol. The fraction of sp³-hybridized carbons (Fsp3) is 0.556. The van der Waals surface area contributed by atoms with Crippen LogP contribution in [0.4, 0.5) is 0 Å². The summed E-state index contributed by atoms with van der Waals surface area (Å²) in [5.41, 5.74) is 9.05. The van der Waals surface area contributed by atoms with E-state index in [2.05, 4.69) is 45.0 Å². The normalized spacial score (nSPS) is 23.9. The minimum atomic E-state index is 0.0112. The molecule has 3 rings (SSSR count). The van der Waals surface area contributed by atoms with Gasteiger partial charge in [0.25, 0.3) is 0 Å². The van der Waals surface area contributed by atoms with Crippen molar-refractivity contribution in [2.75, 3.05) is 0 Å². The molecule has 0 amide bonds. The molecule has 1 aliphatic carbocycles. The summed E-state index contributed by atoms with van der Waals surface area (Å²) >= 11 is 0. The molecule has 0 aliphatic heterocycles. The van der Waals surface area contributed by atoms with Crippen LogP contribution in [-0.2, 0) is 0 Å². The molecule has 2 N–H and O–H groups in total. The van der Waals surface area contributed by atoms with Crippen molar-refractivity contribution in [2.45, 2.75) is 52.5 Å². The summed E-state index contributed by atoms with van der Waals surface area (Å²) in [5.74, 6) is 1.46. The van der Waals surface area contributed by atoms with Gasteiger partial charge in [0.05, 0.1) is 6.04 Å². The quantitative estimate of drug-likeness (QED) is 0.838. The predicted octanol–water partition coefficient (Wildman–Crippen LogP) is 4.96. The van der Waals surface area contributed by atoms with Crippen molar-refractivity contribution in [1.29, 1.82) is 0 Å². The Balaban J connectivity index is 1.95. The molecule has 0 saturated heterocycles. The molecule has 2 unspecified atom stereocenters. The topological polar surface area (TPSA) is 39.2 Å². The first kappa shape index (κ1) is 13.7. The van der Waals surface area contributed by atoms with Crippen LogP contribution in [0.2, 0.25) is 0 Å². The fourth-order valence-corrected chi connectivity index (χ4v) is 3.78. The van der Waals surface area contributed by atoms with Crippen molar-refractivity contribution in [3.63, 3.8) is 0 Å². The second-order valence-corrected chi connectivity index (χ2v) is 7.01. The van der Waals surface area contributed by atoms with Crippen molar-refractivity contribution < 1.29 is 4.42 Å². The Morgan fingerprint density at radius 2 is 2.10 bits per heavy atom. The number of fused-ring (bicyclic) bond motifs is 1. The van der Waals surface area contributed by atoms with E-state index in [1.165, 1.54) is 36.6 Å². The molecule has 1 aliphatic rings. The first-order chi connectivity index (χ1) is 9.49. The van der Waals surface area contributed by atoms with Gasteiger partial charge in [0.15, 0.2) is 0 Å². The molecule has 2 nitrogen and oxygen atoms in total. The van der Waals surface area contributed by atoms with Crippen LogP contribution in [0.25, 0.3) is 11.0 Å². The Labute approximate surface area is 121 Å². The number of aryl methyl sites for hydroxylation is 1. The third-order valence-corrected chi connectivity index (χ3v) is 5.11. The van der Waals surface area contributed by atoms with Crippen molar-refractivity contribution >= 4 is 11.0 Å². The third kappa shape index (κ3) is 2.26. The van der Waals surface area contributed by atoms with Gasteiger partial charge in [0, 0.05) is 5.39 Å². The van der Waals surface area contributed by atoms with Gasteiger partial charge in [0.2, 0.25) is 0 Å². The molecule has 108 valence electrons. The SMILES string of the molecule is Cc1cccc2cc(C(N)C3CCCCC3(C)C)oc12. The molecule has 1 aromatic heterocycles. The third-order valence-electron chi connectivity index (χ3n) is 5.11. The maximum atomic E-state index is 6.57. The number of benzene rings is 1. The zero-order valence-corrected chi connectivity index (χ0v) is 12.8. The second kappa shape index (κ2) is 4.92. The highest BCUT2D eigenvalue weighted by Crippen LogP contribution is 2.46. The van der Waals surface area contributed by atoms with E-state index in [4.69, 9.17) is 10.2 Å². The first-order valence-corrected chi connectivity index (χ1v) is 7.74. The summed E-state index contributed by atoms with van der Waals surface area (Å²) in [7, 11) is 0. The number of rotatable bonds is 2. The Bertz CT molecular complexity index is 611. The van der Waals surface area contributed by atoms with Gasteiger partial charge in [-0.25, -0.2) is 0 Å². The lowest BCUT2D eigenvalue weighted by atomic mass is 9.65. The zero-order chi connectivity index (χ0) is 14.3. The van der Waals surface area contributed by atoms with E-state index in [1.54, 1.807) is 0 Å². The lowest BCUT2D eigenvalue weighted by Gasteiger charge is -2.41. The van der Waals surface area contributed by atoms with E-state index < -0.39 is 0 Å². The van der Waals surface area contributed by atoms with Gasteiger partial charge in [-0.15, -0.1) is 0 Å². The first-order valence-electron chi connectivity index (χ1n) is 7.74. The molecular formula is C18H25NO. The minimum absolute atomic E-state index is 0.0112. The summed E-state index contributed by atoms with van der Waals surface area (Å²) in [6, 6.07) is 8.42. The van der Waals surface area contributed by atoms with Crippen LogP contribution < -0.4 is 5.73 Å². The van der Waals surface area contributed by atoms with Crippen LogP contribution in [-0.4, -0.2) is 0 Å². The second-order valence-electron chi connectivity index (χ2n) is 7.01. The molecule has 0 radical (unpaired) electrons. The van der Waals surface area contributed by atoms with Gasteiger partial charge in [-0.1, -0.05) is 44.9 Å². The van der Waals surface area contributed by atoms with Crippen LogP contribution in [0.5, 0.6) is 0 Å². The largest absolute Gasteiger partial charge is 0.459 e. The number of para-hydroxylation sites is 1. The minimum Gasteiger partial charge on any atom is -0.459 e. The van der Waals surface area contributed by atoms with Crippen molar-refractivity contribution in [3.05, 3.63) is 35.6 Å². The van der Waals surface area contributed by atoms with Crippen LogP contribution >= 0.6 is 0 Å². The molecule has 20 heavy (non-hydrogen) atoms. The lowest BCUT2D eigenvalue weighted by Crippen LogP contribution is -2.36. The van der Waals surface area contributed by atoms with Gasteiger partial charge in [-0.05, 0) is 42.7 Å². The number of hydrogen-bond donors (Lipinski definition) is 1. The van der Waals surface area contributed by atoms with Crippen LogP contribution in [0, 0.1) is 18.3 Å². The van der Waals surface area contributed by atoms with E-state index in [0.717, 1.165) is 11.3 Å². The van der Waals surface area contributed by atoms with Crippen molar-refractivity contribution in [2.24, 2.45) is 17.1 Å². The molecule has 0 bridgehead atoms. The Morgan fingerprint density at radius 3 is 2.80 bits per heavy atom. The molecule has 2 atom stereocenters. The summed E-state index contributed by atoms with van der Waals surface area (Å²) in [6.07, 6.45) is 5.10. The van der Waals surface area contributed by atoms with Gasteiger partial charge in [0.1, 0.15) is 11.3 Å². The van der Waals surface area contributed by atoms with Gasteiger partial charge in [-0.3, -0.25) is 0 Å².